The highest BCUT2D eigenvalue weighted by Gasteiger charge is 2.12. The standard InChI is InChI=1S/C9H9N3OS/c10-9-12-11-8(14-9)6-13-7-4-2-1-3-5-7/h1-6,9H,10H2. The Hall–Kier alpha value is -1.33. The maximum atomic E-state index is 5.50. The van der Waals surface area contributed by atoms with E-state index in [-0.39, 0.29) is 5.50 Å². The first kappa shape index (κ1) is 9.23. The molecule has 0 fully saturated rings. The molecule has 0 spiro atoms. The van der Waals surface area contributed by atoms with Crippen molar-refractivity contribution in [2.45, 2.75) is 5.50 Å². The Bertz CT molecular complexity index is 364. The quantitative estimate of drug-likeness (QED) is 0.757. The van der Waals surface area contributed by atoms with Gasteiger partial charge < -0.3 is 4.74 Å². The summed E-state index contributed by atoms with van der Waals surface area (Å²) < 4.78 is 5.35. The van der Waals surface area contributed by atoms with Gasteiger partial charge in [-0.1, -0.05) is 30.0 Å². The van der Waals surface area contributed by atoms with E-state index in [0.717, 1.165) is 5.75 Å². The lowest BCUT2D eigenvalue weighted by atomic mass is 10.3. The monoisotopic (exact) mass is 207 g/mol. The molecule has 0 aromatic heterocycles. The van der Waals surface area contributed by atoms with Crippen molar-refractivity contribution in [3.05, 3.63) is 41.6 Å². The molecule has 1 unspecified atom stereocenters. The maximum Gasteiger partial charge on any atom is 0.171 e. The lowest BCUT2D eigenvalue weighted by Gasteiger charge is -1.98. The number of nitrogens with two attached hydrogens (primary N) is 1. The number of thioether (sulfide) groups is 1. The molecule has 1 atom stereocenters. The molecular formula is C9H9N3OS. The molecule has 72 valence electrons. The summed E-state index contributed by atoms with van der Waals surface area (Å²) in [6.45, 7) is 0. The molecule has 0 amide bonds. The Kier molecular flexibility index (Phi) is 2.81. The van der Waals surface area contributed by atoms with Crippen molar-refractivity contribution in [3.8, 4) is 5.75 Å². The van der Waals surface area contributed by atoms with Gasteiger partial charge in [0.15, 0.2) is 10.5 Å². The number of nitrogens with zero attached hydrogens (tertiary/aromatic N) is 2. The number of hydrogen-bond acceptors (Lipinski definition) is 5. The first-order valence-electron chi connectivity index (χ1n) is 4.09. The number of hydrogen-bond donors (Lipinski definition) is 1. The second-order valence-corrected chi connectivity index (χ2v) is 3.75. The molecule has 2 rings (SSSR count). The van der Waals surface area contributed by atoms with E-state index in [0.29, 0.717) is 5.03 Å². The van der Waals surface area contributed by atoms with E-state index in [9.17, 15) is 0 Å². The molecule has 0 aliphatic carbocycles. The second-order valence-electron chi connectivity index (χ2n) is 2.61. The summed E-state index contributed by atoms with van der Waals surface area (Å²) in [5.41, 5.74) is 5.21. The molecule has 1 aliphatic rings. The van der Waals surface area contributed by atoms with Crippen LogP contribution < -0.4 is 10.5 Å². The van der Waals surface area contributed by atoms with Crippen molar-refractivity contribution >= 4 is 11.8 Å². The van der Waals surface area contributed by atoms with Crippen LogP contribution in [-0.2, 0) is 0 Å². The average Bonchev–Trinajstić information content (AvgIpc) is 2.63. The minimum atomic E-state index is -0.291. The first-order valence-corrected chi connectivity index (χ1v) is 4.97. The summed E-state index contributed by atoms with van der Waals surface area (Å²) in [5, 5.41) is 8.27. The Labute approximate surface area is 85.9 Å². The predicted octanol–water partition coefficient (Wildman–Crippen LogP) is 2.31. The minimum absolute atomic E-state index is 0.291. The van der Waals surface area contributed by atoms with Crippen LogP contribution in [0.5, 0.6) is 5.75 Å². The number of azo groups is 1. The minimum Gasteiger partial charge on any atom is -0.462 e. The number of benzene rings is 1. The van der Waals surface area contributed by atoms with Crippen LogP contribution in [0.2, 0.25) is 0 Å². The fourth-order valence-electron chi connectivity index (χ4n) is 0.954. The summed E-state index contributed by atoms with van der Waals surface area (Å²) >= 11 is 1.37. The van der Waals surface area contributed by atoms with E-state index in [1.807, 2.05) is 30.3 Å². The Morgan fingerprint density at radius 3 is 2.79 bits per heavy atom. The van der Waals surface area contributed by atoms with E-state index in [2.05, 4.69) is 10.2 Å². The smallest absolute Gasteiger partial charge is 0.171 e. The van der Waals surface area contributed by atoms with Crippen molar-refractivity contribution < 1.29 is 4.74 Å². The molecule has 14 heavy (non-hydrogen) atoms. The van der Waals surface area contributed by atoms with Gasteiger partial charge in [-0.3, -0.25) is 5.73 Å². The molecule has 1 aliphatic heterocycles. The molecule has 1 aromatic rings. The van der Waals surface area contributed by atoms with Gasteiger partial charge >= 0.3 is 0 Å². The van der Waals surface area contributed by atoms with Crippen LogP contribution in [0.3, 0.4) is 0 Å². The molecule has 0 radical (unpaired) electrons. The molecular weight excluding hydrogens is 198 g/mol. The van der Waals surface area contributed by atoms with E-state index >= 15 is 0 Å². The zero-order valence-corrected chi connectivity index (χ0v) is 8.15. The highest BCUT2D eigenvalue weighted by Crippen LogP contribution is 2.28. The van der Waals surface area contributed by atoms with Crippen LogP contribution >= 0.6 is 11.8 Å². The van der Waals surface area contributed by atoms with Gasteiger partial charge in [0.2, 0.25) is 0 Å². The average molecular weight is 207 g/mol. The lowest BCUT2D eigenvalue weighted by molar-refractivity contribution is 0.478. The summed E-state index contributed by atoms with van der Waals surface area (Å²) in [4.78, 5) is 0. The normalized spacial score (nSPS) is 22.9. The third kappa shape index (κ3) is 2.34. The highest BCUT2D eigenvalue weighted by atomic mass is 32.2. The summed E-state index contributed by atoms with van der Waals surface area (Å²) in [7, 11) is 0. The summed E-state index contributed by atoms with van der Waals surface area (Å²) in [6, 6.07) is 9.48. The van der Waals surface area contributed by atoms with Crippen LogP contribution in [0.25, 0.3) is 0 Å². The zero-order chi connectivity index (χ0) is 9.80. The van der Waals surface area contributed by atoms with Gasteiger partial charge in [-0.15, -0.1) is 5.11 Å². The van der Waals surface area contributed by atoms with E-state index in [4.69, 9.17) is 10.5 Å². The molecule has 5 heteroatoms. The van der Waals surface area contributed by atoms with Gasteiger partial charge in [0.25, 0.3) is 0 Å². The van der Waals surface area contributed by atoms with Crippen LogP contribution in [0, 0.1) is 0 Å². The molecule has 4 nitrogen and oxygen atoms in total. The number of ether oxygens (including phenoxy) is 1. The number of para-hydroxylation sites is 1. The second kappa shape index (κ2) is 4.26. The SMILES string of the molecule is NC1N=NC(=COc2ccccc2)S1. The van der Waals surface area contributed by atoms with Gasteiger partial charge in [-0.2, -0.15) is 5.11 Å². The maximum absolute atomic E-state index is 5.50. The van der Waals surface area contributed by atoms with E-state index in [1.54, 1.807) is 6.26 Å². The van der Waals surface area contributed by atoms with Crippen LogP contribution in [0.1, 0.15) is 0 Å². The van der Waals surface area contributed by atoms with Crippen LogP contribution in [0.4, 0.5) is 0 Å². The van der Waals surface area contributed by atoms with Gasteiger partial charge in [-0.25, -0.2) is 0 Å². The fourth-order valence-corrected chi connectivity index (χ4v) is 1.49. The third-order valence-corrected chi connectivity index (χ3v) is 2.31. The van der Waals surface area contributed by atoms with E-state index < -0.39 is 0 Å². The molecule has 0 saturated carbocycles. The van der Waals surface area contributed by atoms with Crippen LogP contribution in [0.15, 0.2) is 51.9 Å². The Morgan fingerprint density at radius 2 is 2.14 bits per heavy atom. The Balaban J connectivity index is 1.98. The van der Waals surface area contributed by atoms with Crippen molar-refractivity contribution in [1.29, 1.82) is 0 Å². The van der Waals surface area contributed by atoms with Crippen molar-refractivity contribution in [2.24, 2.45) is 16.0 Å². The molecule has 1 aromatic carbocycles. The molecule has 2 N–H and O–H groups in total. The van der Waals surface area contributed by atoms with Crippen molar-refractivity contribution in [3.63, 3.8) is 0 Å². The van der Waals surface area contributed by atoms with Crippen molar-refractivity contribution in [2.75, 3.05) is 0 Å². The molecule has 0 bridgehead atoms. The fraction of sp³-hybridized carbons (Fsp3) is 0.111. The van der Waals surface area contributed by atoms with Crippen LogP contribution in [-0.4, -0.2) is 5.50 Å². The lowest BCUT2D eigenvalue weighted by Crippen LogP contribution is -2.07. The molecule has 0 saturated heterocycles. The summed E-state index contributed by atoms with van der Waals surface area (Å²) in [6.07, 6.45) is 1.55. The first-order chi connectivity index (χ1) is 6.84. The molecule has 1 heterocycles. The Morgan fingerprint density at radius 1 is 1.36 bits per heavy atom. The van der Waals surface area contributed by atoms with Gasteiger partial charge in [0.1, 0.15) is 12.0 Å². The zero-order valence-electron chi connectivity index (χ0n) is 7.33. The van der Waals surface area contributed by atoms with E-state index in [1.165, 1.54) is 11.8 Å². The van der Waals surface area contributed by atoms with Gasteiger partial charge in [-0.05, 0) is 12.1 Å². The topological polar surface area (TPSA) is 60.0 Å². The largest absolute Gasteiger partial charge is 0.462 e. The predicted molar refractivity (Wildman–Crippen MR) is 55.6 cm³/mol. The number of rotatable bonds is 2. The van der Waals surface area contributed by atoms with Crippen molar-refractivity contribution in [1.82, 2.24) is 0 Å². The van der Waals surface area contributed by atoms with Gasteiger partial charge in [0, 0.05) is 0 Å². The van der Waals surface area contributed by atoms with Gasteiger partial charge in [0.05, 0.1) is 0 Å². The summed E-state index contributed by atoms with van der Waals surface area (Å²) in [5.74, 6) is 0.774. The third-order valence-electron chi connectivity index (χ3n) is 1.55. The highest BCUT2D eigenvalue weighted by molar-refractivity contribution is 8.03.